The van der Waals surface area contributed by atoms with Crippen LogP contribution in [0.25, 0.3) is 5.69 Å². The zero-order valence-electron chi connectivity index (χ0n) is 26.2. The number of nitrogens with two attached hydrogens (primary N) is 1. The van der Waals surface area contributed by atoms with Crippen molar-refractivity contribution in [2.24, 2.45) is 11.7 Å². The first kappa shape index (κ1) is 33.6. The monoisotopic (exact) mass is 652 g/mol. The molecule has 1 atom stereocenters. The number of benzene rings is 2. The average Bonchev–Trinajstić information content (AvgIpc) is 3.73. The van der Waals surface area contributed by atoms with Gasteiger partial charge in [0.2, 0.25) is 0 Å². The standard InChI is InChI=1S/C34H36F4N6O3/c1-32(2,3)43(31(46)47)20-22-6-4-8-25(16-22)44-28(18-29(42-44)34(36,37)38)30(45)41-27-17-23(11-12-26(27)35)33(39,14-13-21-9-10-21)24-7-5-15-40-19-24/h4-8,11-12,15-19,21H,9-10,13-14,20,39H2,1-3H3,(H,41,45)(H,46,47). The normalized spacial score (nSPS) is 14.8. The predicted molar refractivity (Wildman–Crippen MR) is 167 cm³/mol. The smallest absolute Gasteiger partial charge is 0.435 e. The predicted octanol–water partition coefficient (Wildman–Crippen LogP) is 7.35. The van der Waals surface area contributed by atoms with Gasteiger partial charge in [0, 0.05) is 30.5 Å². The number of aromatic nitrogens is 3. The maximum absolute atomic E-state index is 15.2. The van der Waals surface area contributed by atoms with Gasteiger partial charge in [0.25, 0.3) is 5.91 Å². The zero-order valence-corrected chi connectivity index (χ0v) is 26.2. The van der Waals surface area contributed by atoms with Gasteiger partial charge < -0.3 is 16.2 Å². The number of hydrogen-bond acceptors (Lipinski definition) is 5. The quantitative estimate of drug-likeness (QED) is 0.154. The molecule has 1 aliphatic carbocycles. The number of hydrogen-bond donors (Lipinski definition) is 3. The zero-order chi connectivity index (χ0) is 34.1. The van der Waals surface area contributed by atoms with Gasteiger partial charge in [-0.3, -0.25) is 14.7 Å². The van der Waals surface area contributed by atoms with Gasteiger partial charge in [-0.05, 0) is 86.6 Å². The van der Waals surface area contributed by atoms with Crippen LogP contribution in [-0.4, -0.2) is 42.3 Å². The minimum absolute atomic E-state index is 0.0713. The molecular formula is C34H36F4N6O3. The van der Waals surface area contributed by atoms with Crippen molar-refractivity contribution in [3.05, 3.63) is 107 Å². The van der Waals surface area contributed by atoms with E-state index in [1.165, 1.54) is 35.2 Å². The Balaban J connectivity index is 1.50. The number of carbonyl (C=O) groups excluding carboxylic acids is 1. The molecule has 0 saturated heterocycles. The van der Waals surface area contributed by atoms with Crippen LogP contribution < -0.4 is 11.1 Å². The molecule has 1 aliphatic rings. The summed E-state index contributed by atoms with van der Waals surface area (Å²) in [6.45, 7) is 5.06. The van der Waals surface area contributed by atoms with Gasteiger partial charge in [-0.15, -0.1) is 0 Å². The number of nitrogens with zero attached hydrogens (tertiary/aromatic N) is 4. The van der Waals surface area contributed by atoms with Crippen molar-refractivity contribution < 1.29 is 32.3 Å². The second-order valence-corrected chi connectivity index (χ2v) is 12.9. The van der Waals surface area contributed by atoms with Gasteiger partial charge in [-0.1, -0.05) is 37.1 Å². The first-order valence-electron chi connectivity index (χ1n) is 15.1. The lowest BCUT2D eigenvalue weighted by atomic mass is 9.80. The molecule has 2 aromatic carbocycles. The Kier molecular flexibility index (Phi) is 9.13. The highest BCUT2D eigenvalue weighted by Gasteiger charge is 2.37. The molecule has 1 saturated carbocycles. The Morgan fingerprint density at radius 2 is 1.79 bits per heavy atom. The van der Waals surface area contributed by atoms with E-state index in [9.17, 15) is 27.9 Å². The number of carbonyl (C=O) groups is 2. The van der Waals surface area contributed by atoms with Gasteiger partial charge >= 0.3 is 12.3 Å². The Morgan fingerprint density at radius 3 is 2.40 bits per heavy atom. The molecular weight excluding hydrogens is 616 g/mol. The lowest BCUT2D eigenvalue weighted by molar-refractivity contribution is -0.141. The summed E-state index contributed by atoms with van der Waals surface area (Å²) < 4.78 is 57.5. The highest BCUT2D eigenvalue weighted by Crippen LogP contribution is 2.40. The first-order chi connectivity index (χ1) is 22.1. The molecule has 0 spiro atoms. The molecule has 47 heavy (non-hydrogen) atoms. The van der Waals surface area contributed by atoms with Crippen LogP contribution in [0.15, 0.2) is 73.1 Å². The van der Waals surface area contributed by atoms with Crippen molar-refractivity contribution in [1.29, 1.82) is 0 Å². The molecule has 5 rings (SSSR count). The summed E-state index contributed by atoms with van der Waals surface area (Å²) in [5.41, 5.74) is 4.76. The molecule has 4 N–H and O–H groups in total. The van der Waals surface area contributed by atoms with Crippen LogP contribution in [0.4, 0.5) is 28.0 Å². The maximum atomic E-state index is 15.2. The van der Waals surface area contributed by atoms with Crippen LogP contribution in [0.2, 0.25) is 0 Å². The van der Waals surface area contributed by atoms with E-state index >= 15 is 4.39 Å². The number of amides is 2. The van der Waals surface area contributed by atoms with Crippen molar-refractivity contribution >= 4 is 17.7 Å². The highest BCUT2D eigenvalue weighted by atomic mass is 19.4. The number of halogens is 4. The van der Waals surface area contributed by atoms with Crippen molar-refractivity contribution in [2.45, 2.75) is 70.3 Å². The van der Waals surface area contributed by atoms with Crippen LogP contribution in [0.3, 0.4) is 0 Å². The van der Waals surface area contributed by atoms with Crippen LogP contribution >= 0.6 is 0 Å². The fraction of sp³-hybridized carbons (Fsp3) is 0.353. The molecule has 2 heterocycles. The van der Waals surface area contributed by atoms with Crippen molar-refractivity contribution in [3.63, 3.8) is 0 Å². The summed E-state index contributed by atoms with van der Waals surface area (Å²) in [4.78, 5) is 30.9. The van der Waals surface area contributed by atoms with E-state index in [1.54, 1.807) is 45.3 Å². The number of rotatable bonds is 10. The third-order valence-electron chi connectivity index (χ3n) is 8.32. The highest BCUT2D eigenvalue weighted by molar-refractivity contribution is 6.03. The second-order valence-electron chi connectivity index (χ2n) is 12.9. The largest absolute Gasteiger partial charge is 0.465 e. The van der Waals surface area contributed by atoms with Crippen molar-refractivity contribution in [2.75, 3.05) is 5.32 Å². The maximum Gasteiger partial charge on any atom is 0.435 e. The van der Waals surface area contributed by atoms with Crippen LogP contribution in [0.5, 0.6) is 0 Å². The molecule has 9 nitrogen and oxygen atoms in total. The van der Waals surface area contributed by atoms with Gasteiger partial charge in [0.15, 0.2) is 5.69 Å². The molecule has 4 aromatic rings. The van der Waals surface area contributed by atoms with Crippen LogP contribution in [0, 0.1) is 11.7 Å². The van der Waals surface area contributed by atoms with Crippen molar-refractivity contribution in [3.8, 4) is 5.69 Å². The number of pyridine rings is 1. The van der Waals surface area contributed by atoms with E-state index in [1.807, 2.05) is 6.07 Å². The molecule has 2 amide bonds. The average molecular weight is 653 g/mol. The van der Waals surface area contributed by atoms with Crippen LogP contribution in [-0.2, 0) is 18.3 Å². The number of carboxylic acid groups (broad SMARTS) is 1. The second kappa shape index (κ2) is 12.8. The summed E-state index contributed by atoms with van der Waals surface area (Å²) in [5, 5.41) is 15.8. The summed E-state index contributed by atoms with van der Waals surface area (Å²) in [6.07, 6.45) is 0.775. The molecule has 1 fully saturated rings. The molecule has 13 heteroatoms. The molecule has 0 radical (unpaired) electrons. The van der Waals surface area contributed by atoms with E-state index in [4.69, 9.17) is 5.73 Å². The summed E-state index contributed by atoms with van der Waals surface area (Å²) in [6, 6.07) is 14.3. The molecule has 0 bridgehead atoms. The fourth-order valence-electron chi connectivity index (χ4n) is 5.44. The first-order valence-corrected chi connectivity index (χ1v) is 15.1. The molecule has 1 unspecified atom stereocenters. The Bertz CT molecular complexity index is 1770. The number of alkyl halides is 3. The topological polar surface area (TPSA) is 126 Å². The van der Waals surface area contributed by atoms with Crippen molar-refractivity contribution in [1.82, 2.24) is 19.7 Å². The van der Waals surface area contributed by atoms with Crippen LogP contribution in [0.1, 0.15) is 79.3 Å². The third kappa shape index (κ3) is 7.62. The minimum atomic E-state index is -4.89. The minimum Gasteiger partial charge on any atom is -0.465 e. The van der Waals surface area contributed by atoms with Gasteiger partial charge in [0.05, 0.1) is 16.9 Å². The van der Waals surface area contributed by atoms with E-state index in [2.05, 4.69) is 15.4 Å². The summed E-state index contributed by atoms with van der Waals surface area (Å²) in [5.74, 6) is -1.30. The third-order valence-corrected chi connectivity index (χ3v) is 8.32. The lowest BCUT2D eigenvalue weighted by Crippen LogP contribution is -2.44. The molecule has 0 aliphatic heterocycles. The number of anilines is 1. The van der Waals surface area contributed by atoms with E-state index in [0.717, 1.165) is 30.0 Å². The van der Waals surface area contributed by atoms with E-state index in [-0.39, 0.29) is 17.9 Å². The molecule has 248 valence electrons. The SMILES string of the molecule is CC(C)(C)N(Cc1cccc(-n2nc(C(F)(F)F)cc2C(=O)Nc2cc(C(N)(CCC3CC3)c3cccnc3)ccc2F)c1)C(=O)O. The Labute approximate surface area is 269 Å². The Hall–Kier alpha value is -4.78. The van der Waals surface area contributed by atoms with E-state index < -0.39 is 46.5 Å². The Morgan fingerprint density at radius 1 is 1.04 bits per heavy atom. The summed E-state index contributed by atoms with van der Waals surface area (Å²) in [7, 11) is 0. The lowest BCUT2D eigenvalue weighted by Gasteiger charge is -2.33. The van der Waals surface area contributed by atoms with E-state index in [0.29, 0.717) is 35.1 Å². The van der Waals surface area contributed by atoms with Gasteiger partial charge in [-0.25, -0.2) is 13.9 Å². The van der Waals surface area contributed by atoms with Gasteiger partial charge in [-0.2, -0.15) is 18.3 Å². The van der Waals surface area contributed by atoms with Gasteiger partial charge in [0.1, 0.15) is 11.5 Å². The fourth-order valence-corrected chi connectivity index (χ4v) is 5.44. The number of nitrogens with one attached hydrogen (secondary N) is 1. The summed E-state index contributed by atoms with van der Waals surface area (Å²) >= 11 is 0. The molecule has 2 aromatic heterocycles.